The maximum absolute atomic E-state index is 12.3. The molecule has 2 aromatic heterocycles. The van der Waals surface area contributed by atoms with Crippen LogP contribution < -0.4 is 5.32 Å². The second-order valence-corrected chi connectivity index (χ2v) is 5.30. The third-order valence-electron chi connectivity index (χ3n) is 3.57. The number of aromatic nitrogens is 3. The number of carbonyl (C=O) groups is 1. The van der Waals surface area contributed by atoms with Crippen LogP contribution >= 0.6 is 11.6 Å². The van der Waals surface area contributed by atoms with E-state index in [2.05, 4.69) is 15.4 Å². The number of nitrogens with zero attached hydrogens (tertiary/aromatic N) is 3. The van der Waals surface area contributed by atoms with Gasteiger partial charge in [-0.25, -0.2) is 9.50 Å². The number of amides is 1. The summed E-state index contributed by atoms with van der Waals surface area (Å²) >= 11 is 5.86. The van der Waals surface area contributed by atoms with Gasteiger partial charge < -0.3 is 5.32 Å². The molecule has 3 rings (SSSR count). The Morgan fingerprint density at radius 3 is 2.95 bits per heavy atom. The van der Waals surface area contributed by atoms with Crippen LogP contribution in [0.4, 0.5) is 0 Å². The average Bonchev–Trinajstić information content (AvgIpc) is 2.82. The summed E-state index contributed by atoms with van der Waals surface area (Å²) < 4.78 is 1.56. The molecule has 0 aromatic carbocycles. The number of rotatable bonds is 2. The number of nitrogens with one attached hydrogen (secondary N) is 1. The van der Waals surface area contributed by atoms with Crippen LogP contribution in [0.5, 0.6) is 0 Å². The molecule has 5 nitrogen and oxygen atoms in total. The van der Waals surface area contributed by atoms with E-state index in [0.717, 1.165) is 12.8 Å². The van der Waals surface area contributed by atoms with Gasteiger partial charge in [0.05, 0.1) is 17.3 Å². The Morgan fingerprint density at radius 1 is 1.37 bits per heavy atom. The molecule has 1 N–H and O–H groups in total. The molecule has 2 heterocycles. The van der Waals surface area contributed by atoms with Crippen LogP contribution in [0.15, 0.2) is 18.6 Å². The molecule has 0 aliphatic heterocycles. The van der Waals surface area contributed by atoms with Crippen molar-refractivity contribution < 1.29 is 4.79 Å². The van der Waals surface area contributed by atoms with Crippen molar-refractivity contribution in [1.82, 2.24) is 19.9 Å². The molecular weight excluding hydrogens is 264 g/mol. The van der Waals surface area contributed by atoms with Crippen LogP contribution in [-0.4, -0.2) is 26.5 Å². The minimum Gasteiger partial charge on any atom is -0.349 e. The Morgan fingerprint density at radius 2 is 2.16 bits per heavy atom. The second-order valence-electron chi connectivity index (χ2n) is 4.91. The van der Waals surface area contributed by atoms with Crippen LogP contribution in [0.3, 0.4) is 0 Å². The topological polar surface area (TPSA) is 59.3 Å². The van der Waals surface area contributed by atoms with Crippen LogP contribution in [-0.2, 0) is 0 Å². The van der Waals surface area contributed by atoms with E-state index in [1.54, 1.807) is 16.8 Å². The van der Waals surface area contributed by atoms with Crippen molar-refractivity contribution in [2.24, 2.45) is 0 Å². The van der Waals surface area contributed by atoms with Gasteiger partial charge in [-0.2, -0.15) is 5.10 Å². The summed E-state index contributed by atoms with van der Waals surface area (Å²) in [7, 11) is 0. The second kappa shape index (κ2) is 5.17. The minimum atomic E-state index is -0.0795. The zero-order valence-corrected chi connectivity index (χ0v) is 11.2. The Labute approximate surface area is 116 Å². The van der Waals surface area contributed by atoms with Gasteiger partial charge in [0.1, 0.15) is 11.5 Å². The third-order valence-corrected chi connectivity index (χ3v) is 3.77. The fourth-order valence-corrected chi connectivity index (χ4v) is 2.70. The van der Waals surface area contributed by atoms with Crippen molar-refractivity contribution in [2.75, 3.05) is 0 Å². The lowest BCUT2D eigenvalue weighted by atomic mass is 9.95. The molecule has 1 aliphatic rings. The van der Waals surface area contributed by atoms with E-state index in [4.69, 9.17) is 11.6 Å². The Balaban J connectivity index is 1.82. The standard InChI is InChI=1S/C13H15ClN4O/c14-12-6-11-10(7-16-18(11)8-15-12)13(19)17-9-4-2-1-3-5-9/h6-9H,1-5H2,(H,17,19). The monoisotopic (exact) mass is 278 g/mol. The number of carbonyl (C=O) groups excluding carboxylic acids is 1. The Bertz CT molecular complexity index is 604. The van der Waals surface area contributed by atoms with Gasteiger partial charge in [0.15, 0.2) is 0 Å². The van der Waals surface area contributed by atoms with Crippen molar-refractivity contribution in [3.8, 4) is 0 Å². The normalized spacial score (nSPS) is 16.7. The highest BCUT2D eigenvalue weighted by Gasteiger charge is 2.19. The third kappa shape index (κ3) is 2.56. The van der Waals surface area contributed by atoms with Crippen LogP contribution in [0.2, 0.25) is 5.15 Å². The highest BCUT2D eigenvalue weighted by molar-refractivity contribution is 6.29. The lowest BCUT2D eigenvalue weighted by Crippen LogP contribution is -2.36. The van der Waals surface area contributed by atoms with Crippen molar-refractivity contribution in [1.29, 1.82) is 0 Å². The summed E-state index contributed by atoms with van der Waals surface area (Å²) in [6.07, 6.45) is 8.84. The molecule has 1 aliphatic carbocycles. The summed E-state index contributed by atoms with van der Waals surface area (Å²) in [6, 6.07) is 1.94. The molecule has 0 spiro atoms. The van der Waals surface area contributed by atoms with Crippen LogP contribution in [0.25, 0.3) is 5.52 Å². The van der Waals surface area contributed by atoms with Gasteiger partial charge in [-0.1, -0.05) is 30.9 Å². The van der Waals surface area contributed by atoms with Gasteiger partial charge in [-0.15, -0.1) is 0 Å². The van der Waals surface area contributed by atoms with E-state index in [0.29, 0.717) is 16.2 Å². The van der Waals surface area contributed by atoms with E-state index >= 15 is 0 Å². The molecule has 0 bridgehead atoms. The first-order valence-electron chi connectivity index (χ1n) is 6.54. The molecule has 0 radical (unpaired) electrons. The predicted octanol–water partition coefficient (Wildman–Crippen LogP) is 2.45. The molecule has 2 aromatic rings. The number of hydrogen-bond donors (Lipinski definition) is 1. The summed E-state index contributed by atoms with van der Waals surface area (Å²) in [5, 5.41) is 7.55. The Hall–Kier alpha value is -1.62. The molecule has 19 heavy (non-hydrogen) atoms. The number of hydrogen-bond acceptors (Lipinski definition) is 3. The minimum absolute atomic E-state index is 0.0795. The van der Waals surface area contributed by atoms with Gasteiger partial charge >= 0.3 is 0 Å². The van der Waals surface area contributed by atoms with Crippen molar-refractivity contribution in [3.63, 3.8) is 0 Å². The summed E-state index contributed by atoms with van der Waals surface area (Å²) in [5.74, 6) is -0.0795. The lowest BCUT2D eigenvalue weighted by Gasteiger charge is -2.22. The summed E-state index contributed by atoms with van der Waals surface area (Å²) in [4.78, 5) is 16.2. The van der Waals surface area contributed by atoms with Crippen molar-refractivity contribution in [3.05, 3.63) is 29.3 Å². The number of fused-ring (bicyclic) bond motifs is 1. The van der Waals surface area contributed by atoms with Gasteiger partial charge in [0, 0.05) is 12.1 Å². The molecule has 1 amide bonds. The maximum atomic E-state index is 12.3. The first-order chi connectivity index (χ1) is 9.24. The quantitative estimate of drug-likeness (QED) is 0.859. The lowest BCUT2D eigenvalue weighted by molar-refractivity contribution is 0.0929. The SMILES string of the molecule is O=C(NC1CCCCC1)c1cnn2cnc(Cl)cc12. The largest absolute Gasteiger partial charge is 0.349 e. The predicted molar refractivity (Wildman–Crippen MR) is 72.3 cm³/mol. The smallest absolute Gasteiger partial charge is 0.255 e. The van der Waals surface area contributed by atoms with E-state index in [9.17, 15) is 4.79 Å². The van der Waals surface area contributed by atoms with Crippen LogP contribution in [0, 0.1) is 0 Å². The molecule has 0 unspecified atom stereocenters. The van der Waals surface area contributed by atoms with Gasteiger partial charge in [0.25, 0.3) is 5.91 Å². The van der Waals surface area contributed by atoms with Gasteiger partial charge in [-0.05, 0) is 12.8 Å². The highest BCUT2D eigenvalue weighted by atomic mass is 35.5. The number of halogens is 1. The Kier molecular flexibility index (Phi) is 3.38. The first kappa shape index (κ1) is 12.4. The average molecular weight is 279 g/mol. The molecule has 0 saturated heterocycles. The fourth-order valence-electron chi connectivity index (χ4n) is 2.55. The fraction of sp³-hybridized carbons (Fsp3) is 0.462. The molecule has 0 atom stereocenters. The molecule has 100 valence electrons. The summed E-state index contributed by atoms with van der Waals surface area (Å²) in [5.41, 5.74) is 1.24. The zero-order chi connectivity index (χ0) is 13.2. The zero-order valence-electron chi connectivity index (χ0n) is 10.5. The molecule has 1 fully saturated rings. The van der Waals surface area contributed by atoms with E-state index in [-0.39, 0.29) is 11.9 Å². The van der Waals surface area contributed by atoms with Crippen LogP contribution in [0.1, 0.15) is 42.5 Å². The van der Waals surface area contributed by atoms with E-state index < -0.39 is 0 Å². The van der Waals surface area contributed by atoms with Crippen molar-refractivity contribution in [2.45, 2.75) is 38.1 Å². The molecule has 1 saturated carbocycles. The molecule has 6 heteroatoms. The van der Waals surface area contributed by atoms with Gasteiger partial charge in [0.2, 0.25) is 0 Å². The van der Waals surface area contributed by atoms with Gasteiger partial charge in [-0.3, -0.25) is 4.79 Å². The van der Waals surface area contributed by atoms with E-state index in [1.807, 2.05) is 0 Å². The maximum Gasteiger partial charge on any atom is 0.255 e. The highest BCUT2D eigenvalue weighted by Crippen LogP contribution is 2.19. The van der Waals surface area contributed by atoms with E-state index in [1.165, 1.54) is 25.6 Å². The van der Waals surface area contributed by atoms with Crippen molar-refractivity contribution >= 4 is 23.0 Å². The summed E-state index contributed by atoms with van der Waals surface area (Å²) in [6.45, 7) is 0. The first-order valence-corrected chi connectivity index (χ1v) is 6.91. The molecular formula is C13H15ClN4O.